The molecule has 1 aromatic carbocycles. The second-order valence-corrected chi connectivity index (χ2v) is 5.52. The molecule has 22 heavy (non-hydrogen) atoms. The molecule has 0 radical (unpaired) electrons. The number of hydrogen-bond donors (Lipinski definition) is 1. The van der Waals surface area contributed by atoms with E-state index in [0.717, 1.165) is 11.1 Å². The fraction of sp³-hybridized carbons (Fsp3) is 0. The second-order valence-electron chi connectivity index (χ2n) is 4.32. The van der Waals surface area contributed by atoms with Crippen molar-refractivity contribution in [1.82, 2.24) is 19.9 Å². The lowest BCUT2D eigenvalue weighted by Gasteiger charge is -2.01. The molecule has 0 atom stereocenters. The molecule has 0 aliphatic carbocycles. The van der Waals surface area contributed by atoms with Gasteiger partial charge in [-0.25, -0.2) is 5.10 Å². The molecular weight excluding hydrogens is 341 g/mol. The molecule has 0 aliphatic heterocycles. The van der Waals surface area contributed by atoms with Crippen LogP contribution in [0.15, 0.2) is 47.8 Å². The quantitative estimate of drug-likeness (QED) is 0.569. The van der Waals surface area contributed by atoms with Crippen LogP contribution >= 0.6 is 35.4 Å². The number of nitrogens with one attached hydrogen (secondary N) is 1. The number of halogens is 2. The highest BCUT2D eigenvalue weighted by Crippen LogP contribution is 2.22. The minimum Gasteiger partial charge on any atom is -0.265 e. The Labute approximate surface area is 141 Å². The third-order valence-electron chi connectivity index (χ3n) is 2.85. The van der Waals surface area contributed by atoms with Gasteiger partial charge in [0.2, 0.25) is 4.77 Å². The van der Waals surface area contributed by atoms with Crippen LogP contribution in [0.25, 0.3) is 11.4 Å². The molecule has 110 valence electrons. The van der Waals surface area contributed by atoms with Crippen molar-refractivity contribution in [3.63, 3.8) is 0 Å². The van der Waals surface area contributed by atoms with Gasteiger partial charge in [-0.2, -0.15) is 14.9 Å². The lowest BCUT2D eigenvalue weighted by Crippen LogP contribution is -1.95. The minimum absolute atomic E-state index is 0.392. The highest BCUT2D eigenvalue weighted by Gasteiger charge is 2.07. The fourth-order valence-electron chi connectivity index (χ4n) is 1.80. The zero-order chi connectivity index (χ0) is 15.5. The van der Waals surface area contributed by atoms with Gasteiger partial charge in [-0.3, -0.25) is 4.98 Å². The molecule has 8 heteroatoms. The van der Waals surface area contributed by atoms with E-state index in [-0.39, 0.29) is 0 Å². The van der Waals surface area contributed by atoms with Crippen LogP contribution in [0.5, 0.6) is 0 Å². The molecule has 0 aliphatic rings. The Hall–Kier alpha value is -2.02. The Morgan fingerprint density at radius 3 is 2.64 bits per heavy atom. The van der Waals surface area contributed by atoms with E-state index in [1.165, 1.54) is 4.68 Å². The predicted octanol–water partition coefficient (Wildman–Crippen LogP) is 4.19. The van der Waals surface area contributed by atoms with Crippen molar-refractivity contribution < 1.29 is 0 Å². The Bertz CT molecular complexity index is 886. The average Bonchev–Trinajstić information content (AvgIpc) is 2.90. The standard InChI is InChI=1S/C14H9Cl2N5S/c15-11-2-1-9(7-12(11)16)8-18-21-13(19-20-14(21)22)10-3-5-17-6-4-10/h1-8H,(H,20,22)/b18-8-. The van der Waals surface area contributed by atoms with Gasteiger partial charge in [0.1, 0.15) is 0 Å². The van der Waals surface area contributed by atoms with Crippen LogP contribution in [0, 0.1) is 4.77 Å². The Balaban J connectivity index is 1.99. The number of benzene rings is 1. The van der Waals surface area contributed by atoms with Crippen molar-refractivity contribution in [2.45, 2.75) is 0 Å². The number of pyridine rings is 1. The lowest BCUT2D eigenvalue weighted by atomic mass is 10.2. The van der Waals surface area contributed by atoms with Crippen LogP contribution in [0.1, 0.15) is 5.56 Å². The first-order valence-corrected chi connectivity index (χ1v) is 7.39. The van der Waals surface area contributed by atoms with Crippen molar-refractivity contribution in [2.24, 2.45) is 5.10 Å². The van der Waals surface area contributed by atoms with E-state index in [1.54, 1.807) is 30.7 Å². The van der Waals surface area contributed by atoms with E-state index in [0.29, 0.717) is 20.6 Å². The van der Waals surface area contributed by atoms with Crippen LogP contribution in [0.3, 0.4) is 0 Å². The normalized spacial score (nSPS) is 11.2. The van der Waals surface area contributed by atoms with Gasteiger partial charge < -0.3 is 0 Å². The van der Waals surface area contributed by atoms with E-state index < -0.39 is 0 Å². The Morgan fingerprint density at radius 1 is 1.14 bits per heavy atom. The fourth-order valence-corrected chi connectivity index (χ4v) is 2.29. The minimum atomic E-state index is 0.392. The zero-order valence-electron chi connectivity index (χ0n) is 11.1. The maximum Gasteiger partial charge on any atom is 0.216 e. The first-order chi connectivity index (χ1) is 10.6. The Kier molecular flexibility index (Phi) is 4.33. The summed E-state index contributed by atoms with van der Waals surface area (Å²) in [6.45, 7) is 0. The molecule has 3 aromatic rings. The summed E-state index contributed by atoms with van der Waals surface area (Å²) in [5.74, 6) is 0.601. The average molecular weight is 350 g/mol. The lowest BCUT2D eigenvalue weighted by molar-refractivity contribution is 0.871. The number of aromatic nitrogens is 4. The van der Waals surface area contributed by atoms with Gasteiger partial charge >= 0.3 is 0 Å². The van der Waals surface area contributed by atoms with Gasteiger partial charge in [0.15, 0.2) is 5.82 Å². The van der Waals surface area contributed by atoms with E-state index in [4.69, 9.17) is 35.4 Å². The van der Waals surface area contributed by atoms with E-state index in [9.17, 15) is 0 Å². The van der Waals surface area contributed by atoms with Gasteiger partial charge in [0, 0.05) is 18.0 Å². The summed E-state index contributed by atoms with van der Waals surface area (Å²) in [5.41, 5.74) is 1.66. The number of nitrogens with zero attached hydrogens (tertiary/aromatic N) is 4. The molecule has 5 nitrogen and oxygen atoms in total. The summed E-state index contributed by atoms with van der Waals surface area (Å²) in [7, 11) is 0. The van der Waals surface area contributed by atoms with Crippen LogP contribution < -0.4 is 0 Å². The summed E-state index contributed by atoms with van der Waals surface area (Å²) in [5, 5.41) is 12.2. The summed E-state index contributed by atoms with van der Waals surface area (Å²) >= 11 is 17.1. The SMILES string of the molecule is S=c1[nH]nc(-c2ccncc2)n1/N=C\c1ccc(Cl)c(Cl)c1. The van der Waals surface area contributed by atoms with Crippen LogP contribution in [0.4, 0.5) is 0 Å². The van der Waals surface area contributed by atoms with Crippen LogP contribution in [0.2, 0.25) is 10.0 Å². The first kappa shape index (κ1) is 14.9. The van der Waals surface area contributed by atoms with Gasteiger partial charge in [-0.15, -0.1) is 0 Å². The molecule has 2 heterocycles. The number of H-pyrrole nitrogens is 1. The monoisotopic (exact) mass is 349 g/mol. The maximum atomic E-state index is 5.99. The Morgan fingerprint density at radius 2 is 1.91 bits per heavy atom. The third kappa shape index (κ3) is 3.09. The molecular formula is C14H9Cl2N5S. The van der Waals surface area contributed by atoms with Crippen molar-refractivity contribution in [2.75, 3.05) is 0 Å². The molecule has 0 amide bonds. The highest BCUT2D eigenvalue weighted by atomic mass is 35.5. The van der Waals surface area contributed by atoms with Gasteiger partial charge in [0.05, 0.1) is 16.3 Å². The third-order valence-corrected chi connectivity index (χ3v) is 3.86. The van der Waals surface area contributed by atoms with Crippen molar-refractivity contribution in [1.29, 1.82) is 0 Å². The van der Waals surface area contributed by atoms with Crippen LogP contribution in [-0.2, 0) is 0 Å². The zero-order valence-corrected chi connectivity index (χ0v) is 13.4. The van der Waals surface area contributed by atoms with E-state index in [1.807, 2.05) is 18.2 Å². The highest BCUT2D eigenvalue weighted by molar-refractivity contribution is 7.71. The predicted molar refractivity (Wildman–Crippen MR) is 90.1 cm³/mol. The topological polar surface area (TPSA) is 58.9 Å². The van der Waals surface area contributed by atoms with Gasteiger partial charge in [-0.05, 0) is 42.0 Å². The molecule has 0 unspecified atom stereocenters. The van der Waals surface area contributed by atoms with E-state index in [2.05, 4.69) is 20.3 Å². The molecule has 0 spiro atoms. The number of rotatable bonds is 3. The summed E-state index contributed by atoms with van der Waals surface area (Å²) in [6.07, 6.45) is 5.00. The van der Waals surface area contributed by atoms with Crippen LogP contribution in [-0.4, -0.2) is 26.1 Å². The number of hydrogen-bond acceptors (Lipinski definition) is 4. The second kappa shape index (κ2) is 6.39. The largest absolute Gasteiger partial charge is 0.265 e. The molecule has 3 rings (SSSR count). The molecule has 2 aromatic heterocycles. The van der Waals surface area contributed by atoms with Gasteiger partial charge in [-0.1, -0.05) is 29.3 Å². The maximum absolute atomic E-state index is 5.99. The summed E-state index contributed by atoms with van der Waals surface area (Å²) in [6, 6.07) is 8.91. The van der Waals surface area contributed by atoms with Crippen molar-refractivity contribution in [3.05, 3.63) is 63.1 Å². The van der Waals surface area contributed by atoms with Gasteiger partial charge in [0.25, 0.3) is 0 Å². The summed E-state index contributed by atoms with van der Waals surface area (Å²) < 4.78 is 1.93. The smallest absolute Gasteiger partial charge is 0.216 e. The molecule has 0 saturated heterocycles. The molecule has 0 bridgehead atoms. The first-order valence-electron chi connectivity index (χ1n) is 6.22. The summed E-state index contributed by atoms with van der Waals surface area (Å²) in [4.78, 5) is 3.98. The molecule has 0 fully saturated rings. The number of aromatic amines is 1. The van der Waals surface area contributed by atoms with Crippen molar-refractivity contribution >= 4 is 41.6 Å². The van der Waals surface area contributed by atoms with E-state index >= 15 is 0 Å². The molecule has 1 N–H and O–H groups in total. The molecule has 0 saturated carbocycles. The van der Waals surface area contributed by atoms with Crippen molar-refractivity contribution in [3.8, 4) is 11.4 Å².